The van der Waals surface area contributed by atoms with E-state index in [2.05, 4.69) is 5.10 Å². The van der Waals surface area contributed by atoms with E-state index in [4.69, 9.17) is 9.47 Å². The molecule has 1 aromatic heterocycles. The summed E-state index contributed by atoms with van der Waals surface area (Å²) in [7, 11) is 1.22. The van der Waals surface area contributed by atoms with E-state index < -0.39 is 17.4 Å². The van der Waals surface area contributed by atoms with Crippen molar-refractivity contribution in [3.05, 3.63) is 59.0 Å². The van der Waals surface area contributed by atoms with Crippen LogP contribution in [0.25, 0.3) is 16.6 Å². The molecule has 1 unspecified atom stereocenters. The van der Waals surface area contributed by atoms with Crippen LogP contribution in [0.15, 0.2) is 36.4 Å². The molecule has 190 valence electrons. The zero-order valence-electron chi connectivity index (χ0n) is 20.9. The first-order chi connectivity index (χ1) is 17.1. The number of likely N-dealkylation sites (tertiary alicyclic amines) is 1. The predicted molar refractivity (Wildman–Crippen MR) is 132 cm³/mol. The number of hydrogen-bond acceptors (Lipinski definition) is 6. The highest BCUT2D eigenvalue weighted by Gasteiger charge is 2.28. The minimum atomic E-state index is -0.701. The fraction of sp³-hybridized carbons (Fsp3) is 0.407. The summed E-state index contributed by atoms with van der Waals surface area (Å²) in [5.41, 5.74) is 1.95. The van der Waals surface area contributed by atoms with Gasteiger partial charge in [-0.05, 0) is 57.4 Å². The van der Waals surface area contributed by atoms with E-state index in [1.807, 2.05) is 45.0 Å². The van der Waals surface area contributed by atoms with Gasteiger partial charge < -0.3 is 19.2 Å². The van der Waals surface area contributed by atoms with Gasteiger partial charge in [0.15, 0.2) is 0 Å². The number of methoxy groups -OCH3 is 1. The number of rotatable bonds is 5. The van der Waals surface area contributed by atoms with Crippen LogP contribution in [0.4, 0.5) is 9.18 Å². The minimum absolute atomic E-state index is 0.0125. The molecule has 0 saturated carbocycles. The lowest BCUT2D eigenvalue weighted by Gasteiger charge is -2.34. The molecule has 0 bridgehead atoms. The van der Waals surface area contributed by atoms with Gasteiger partial charge in [-0.3, -0.25) is 0 Å². The number of hydrogen-bond donors (Lipinski definition) is 0. The third-order valence-corrected chi connectivity index (χ3v) is 6.20. The quantitative estimate of drug-likeness (QED) is 0.373. The highest BCUT2D eigenvalue weighted by molar-refractivity contribution is 6.05. The lowest BCUT2D eigenvalue weighted by atomic mass is 9.90. The molecule has 1 aliphatic heterocycles. The second-order valence-electron chi connectivity index (χ2n) is 9.93. The SMILES string of the molecule is COC(=O)c1cc(F)cc2nn(-c3ccc(C4CCCN(C(=O)OC(C)(C)C)C4)cc3)c(CC=O)c12. The van der Waals surface area contributed by atoms with Gasteiger partial charge in [0.2, 0.25) is 0 Å². The van der Waals surface area contributed by atoms with Crippen molar-refractivity contribution in [1.29, 1.82) is 0 Å². The number of esters is 1. The number of aldehydes is 1. The third kappa shape index (κ3) is 5.24. The Labute approximate surface area is 209 Å². The van der Waals surface area contributed by atoms with E-state index in [9.17, 15) is 18.8 Å². The fourth-order valence-electron chi connectivity index (χ4n) is 4.63. The number of halogens is 1. The zero-order valence-corrected chi connectivity index (χ0v) is 20.9. The van der Waals surface area contributed by atoms with Gasteiger partial charge in [0.25, 0.3) is 0 Å². The van der Waals surface area contributed by atoms with E-state index in [0.29, 0.717) is 29.9 Å². The number of nitrogens with zero attached hydrogens (tertiary/aromatic N) is 3. The average Bonchev–Trinajstić information content (AvgIpc) is 3.20. The molecule has 1 amide bonds. The highest BCUT2D eigenvalue weighted by Crippen LogP contribution is 2.31. The standard InChI is InChI=1S/C27H30FN3O5/c1-27(2,3)36-26(34)30-12-5-6-18(16-30)17-7-9-20(10-8-17)31-23(11-13-32)24-21(25(33)35-4)14-19(28)15-22(24)29-31/h7-10,13-15,18H,5-6,11-12,16H2,1-4H3. The molecule has 0 N–H and O–H groups in total. The van der Waals surface area contributed by atoms with Crippen LogP contribution in [0.1, 0.15) is 61.1 Å². The first-order valence-corrected chi connectivity index (χ1v) is 11.9. The summed E-state index contributed by atoms with van der Waals surface area (Å²) in [6.45, 7) is 6.79. The van der Waals surface area contributed by atoms with Crippen LogP contribution in [0.3, 0.4) is 0 Å². The van der Waals surface area contributed by atoms with Crippen LogP contribution < -0.4 is 0 Å². The van der Waals surface area contributed by atoms with Crippen molar-refractivity contribution in [3.8, 4) is 5.69 Å². The topological polar surface area (TPSA) is 90.7 Å². The average molecular weight is 496 g/mol. The Kier molecular flexibility index (Phi) is 7.10. The molecule has 1 atom stereocenters. The second-order valence-corrected chi connectivity index (χ2v) is 9.93. The molecule has 0 aliphatic carbocycles. The molecule has 2 heterocycles. The van der Waals surface area contributed by atoms with Crippen LogP contribution in [0, 0.1) is 5.82 Å². The van der Waals surface area contributed by atoms with Crippen LogP contribution in [0.2, 0.25) is 0 Å². The van der Waals surface area contributed by atoms with Gasteiger partial charge in [-0.25, -0.2) is 18.7 Å². The number of carbonyl (C=O) groups excluding carboxylic acids is 3. The normalized spacial score (nSPS) is 16.1. The molecule has 0 radical (unpaired) electrons. The summed E-state index contributed by atoms with van der Waals surface area (Å²) in [4.78, 5) is 38.1. The molecule has 1 fully saturated rings. The van der Waals surface area contributed by atoms with Crippen molar-refractivity contribution in [2.75, 3.05) is 20.2 Å². The maximum absolute atomic E-state index is 14.2. The summed E-state index contributed by atoms with van der Waals surface area (Å²) in [5, 5.41) is 4.88. The summed E-state index contributed by atoms with van der Waals surface area (Å²) < 4.78 is 26.1. The van der Waals surface area contributed by atoms with Crippen molar-refractivity contribution >= 4 is 29.3 Å². The van der Waals surface area contributed by atoms with Crippen molar-refractivity contribution in [2.45, 2.75) is 51.6 Å². The van der Waals surface area contributed by atoms with Crippen LogP contribution >= 0.6 is 0 Å². The molecule has 2 aromatic carbocycles. The number of carbonyl (C=O) groups is 3. The fourth-order valence-corrected chi connectivity index (χ4v) is 4.63. The lowest BCUT2D eigenvalue weighted by molar-refractivity contribution is -0.107. The number of piperidine rings is 1. The summed E-state index contributed by atoms with van der Waals surface area (Å²) >= 11 is 0. The molecular formula is C27H30FN3O5. The zero-order chi connectivity index (χ0) is 26.0. The smallest absolute Gasteiger partial charge is 0.410 e. The maximum Gasteiger partial charge on any atom is 0.410 e. The molecule has 0 spiro atoms. The van der Waals surface area contributed by atoms with Crippen LogP contribution in [-0.2, 0) is 20.7 Å². The molecule has 8 nitrogen and oxygen atoms in total. The number of amides is 1. The van der Waals surface area contributed by atoms with Crippen molar-refractivity contribution in [3.63, 3.8) is 0 Å². The summed E-state index contributed by atoms with van der Waals surface area (Å²) in [6.07, 6.45) is 2.23. The molecule has 4 rings (SSSR count). The minimum Gasteiger partial charge on any atom is -0.465 e. The first kappa shape index (κ1) is 25.3. The molecule has 1 aliphatic rings. The number of benzene rings is 2. The lowest BCUT2D eigenvalue weighted by Crippen LogP contribution is -2.42. The van der Waals surface area contributed by atoms with Gasteiger partial charge in [-0.15, -0.1) is 0 Å². The number of ether oxygens (including phenoxy) is 2. The van der Waals surface area contributed by atoms with Crippen LogP contribution in [0.5, 0.6) is 0 Å². The summed E-state index contributed by atoms with van der Waals surface area (Å²) in [6, 6.07) is 10.0. The van der Waals surface area contributed by atoms with Gasteiger partial charge in [0.05, 0.1) is 29.6 Å². The highest BCUT2D eigenvalue weighted by atomic mass is 19.1. The van der Waals surface area contributed by atoms with E-state index in [1.54, 1.807) is 9.58 Å². The summed E-state index contributed by atoms with van der Waals surface area (Å²) in [5.74, 6) is -1.16. The van der Waals surface area contributed by atoms with Crippen molar-refractivity contribution in [2.24, 2.45) is 0 Å². The maximum atomic E-state index is 14.2. The van der Waals surface area contributed by atoms with E-state index in [1.165, 1.54) is 13.2 Å². The Morgan fingerprint density at radius 3 is 2.56 bits per heavy atom. The Morgan fingerprint density at radius 1 is 1.19 bits per heavy atom. The Morgan fingerprint density at radius 2 is 1.92 bits per heavy atom. The molecule has 36 heavy (non-hydrogen) atoms. The number of fused-ring (bicyclic) bond motifs is 1. The Balaban J connectivity index is 1.65. The van der Waals surface area contributed by atoms with Gasteiger partial charge in [-0.2, -0.15) is 5.10 Å². The molecule has 1 saturated heterocycles. The molecule has 3 aromatic rings. The van der Waals surface area contributed by atoms with E-state index in [0.717, 1.165) is 30.8 Å². The predicted octanol–water partition coefficient (Wildman–Crippen LogP) is 4.81. The van der Waals surface area contributed by atoms with Gasteiger partial charge >= 0.3 is 12.1 Å². The number of aromatic nitrogens is 2. The van der Waals surface area contributed by atoms with Gasteiger partial charge in [-0.1, -0.05) is 12.1 Å². The third-order valence-electron chi connectivity index (χ3n) is 6.20. The molecular weight excluding hydrogens is 465 g/mol. The molecule has 9 heteroatoms. The Bertz CT molecular complexity index is 1290. The largest absolute Gasteiger partial charge is 0.465 e. The van der Waals surface area contributed by atoms with Crippen molar-refractivity contribution in [1.82, 2.24) is 14.7 Å². The van der Waals surface area contributed by atoms with Gasteiger partial charge in [0, 0.05) is 36.9 Å². The Hall–Kier alpha value is -3.75. The van der Waals surface area contributed by atoms with Crippen molar-refractivity contribution < 1.29 is 28.2 Å². The van der Waals surface area contributed by atoms with E-state index >= 15 is 0 Å². The monoisotopic (exact) mass is 495 g/mol. The first-order valence-electron chi connectivity index (χ1n) is 11.9. The van der Waals surface area contributed by atoms with Gasteiger partial charge in [0.1, 0.15) is 17.7 Å². The van der Waals surface area contributed by atoms with E-state index in [-0.39, 0.29) is 29.5 Å². The second kappa shape index (κ2) is 10.1. The van der Waals surface area contributed by atoms with Crippen LogP contribution in [-0.4, -0.2) is 58.8 Å².